The Balaban J connectivity index is 1.27. The molecule has 3 fully saturated rings. The molecule has 6 bridgehead atoms. The lowest BCUT2D eigenvalue weighted by Crippen LogP contribution is -2.62. The summed E-state index contributed by atoms with van der Waals surface area (Å²) in [6.45, 7) is 14.3. The highest BCUT2D eigenvalue weighted by molar-refractivity contribution is 5.96. The van der Waals surface area contributed by atoms with Crippen molar-refractivity contribution in [2.75, 3.05) is 47.0 Å². The number of methoxy groups -OCH3 is 1. The van der Waals surface area contributed by atoms with Gasteiger partial charge < -0.3 is 59.1 Å². The minimum Gasteiger partial charge on any atom is -0.464 e. The summed E-state index contributed by atoms with van der Waals surface area (Å²) in [6, 6.07) is 11.9. The van der Waals surface area contributed by atoms with Gasteiger partial charge >= 0.3 is 5.97 Å². The van der Waals surface area contributed by atoms with Crippen LogP contribution in [0.5, 0.6) is 5.75 Å². The van der Waals surface area contributed by atoms with Crippen molar-refractivity contribution in [1.82, 2.24) is 35.1 Å². The summed E-state index contributed by atoms with van der Waals surface area (Å²) in [5.41, 5.74) is 8.75. The molecular weight excluding hydrogens is 979 g/mol. The zero-order valence-electron chi connectivity index (χ0n) is 44.4. The molecule has 6 N–H and O–H groups in total. The number of hydrogen-bond acceptors (Lipinski definition) is 15. The van der Waals surface area contributed by atoms with Gasteiger partial charge in [0.05, 0.1) is 37.1 Å². The van der Waals surface area contributed by atoms with Crippen molar-refractivity contribution in [3.8, 4) is 28.1 Å². The zero-order chi connectivity index (χ0) is 54.7. The van der Waals surface area contributed by atoms with Gasteiger partial charge in [0.25, 0.3) is 5.91 Å². The van der Waals surface area contributed by atoms with Crippen LogP contribution in [0.15, 0.2) is 67.4 Å². The number of carbonyl (C=O) groups excluding carboxylic acids is 5. The fraction of sp³-hybridized carbons (Fsp3) is 0.536. The lowest BCUT2D eigenvalue weighted by atomic mass is 9.84. The van der Waals surface area contributed by atoms with E-state index in [1.165, 1.54) is 16.0 Å². The Morgan fingerprint density at radius 1 is 1.04 bits per heavy atom. The Morgan fingerprint density at radius 2 is 1.82 bits per heavy atom. The SMILES string of the molecule is C=CC(=O)N1CC[C@H](C(=O)N(C)C(C(=O)N[C@H]2Cc3cc(OC4O[C@H](CO)[C@@H](O)[C@H](O)[C@H]4O)cc(c3)-c3ccc4c(c3)c(c(-c3cccnc3COC)n4CC)CC(C)(C)COC(=O)[C@@H]3CCCN(N3)C2=O)C(C)C)C1. The van der Waals surface area contributed by atoms with Crippen LogP contribution in [0.25, 0.3) is 33.3 Å². The maximum absolute atomic E-state index is 15.1. The molecular formula is C56H73N7O13. The molecule has 76 heavy (non-hydrogen) atoms. The van der Waals surface area contributed by atoms with Crippen molar-refractivity contribution in [1.29, 1.82) is 0 Å². The van der Waals surface area contributed by atoms with E-state index in [9.17, 15) is 39.6 Å². The minimum atomic E-state index is -1.74. The quantitative estimate of drug-likeness (QED) is 0.0832. The topological polar surface area (TPSA) is 255 Å². The first-order valence-electron chi connectivity index (χ1n) is 26.2. The Hall–Kier alpha value is -6.26. The number of aliphatic hydroxyl groups is 4. The number of nitrogens with zero attached hydrogens (tertiary/aromatic N) is 5. The molecule has 20 heteroatoms. The number of likely N-dealkylation sites (tertiary alicyclic amines) is 1. The Labute approximate surface area is 442 Å². The van der Waals surface area contributed by atoms with Crippen molar-refractivity contribution >= 4 is 40.5 Å². The van der Waals surface area contributed by atoms with E-state index in [1.54, 1.807) is 51.2 Å². The van der Waals surface area contributed by atoms with E-state index in [-0.39, 0.29) is 50.3 Å². The van der Waals surface area contributed by atoms with Gasteiger partial charge in [0.15, 0.2) is 0 Å². The number of aryl methyl sites for hydroxylation is 1. The first-order valence-corrected chi connectivity index (χ1v) is 26.2. The predicted molar refractivity (Wildman–Crippen MR) is 280 cm³/mol. The number of aromatic nitrogens is 2. The number of carbonyl (C=O) groups is 5. The maximum atomic E-state index is 15.1. The molecule has 8 rings (SSSR count). The van der Waals surface area contributed by atoms with E-state index < -0.39 is 90.5 Å². The van der Waals surface area contributed by atoms with Gasteiger partial charge in [-0.3, -0.25) is 34.0 Å². The molecule has 20 nitrogen and oxygen atoms in total. The number of nitrogens with one attached hydrogen (secondary N) is 2. The predicted octanol–water partition coefficient (Wildman–Crippen LogP) is 2.88. The molecule has 6 heterocycles. The van der Waals surface area contributed by atoms with Crippen molar-refractivity contribution < 1.29 is 63.3 Å². The number of fused-ring (bicyclic) bond motifs is 6. The molecule has 2 aromatic carbocycles. The molecule has 4 aliphatic rings. The van der Waals surface area contributed by atoms with Crippen molar-refractivity contribution in [2.45, 2.75) is 129 Å². The number of pyridine rings is 1. The van der Waals surface area contributed by atoms with Crippen LogP contribution in [0, 0.1) is 17.3 Å². The fourth-order valence-electron chi connectivity index (χ4n) is 11.2. The van der Waals surface area contributed by atoms with Gasteiger partial charge in [-0.15, -0.1) is 0 Å². The lowest BCUT2D eigenvalue weighted by Gasteiger charge is -2.39. The van der Waals surface area contributed by atoms with Gasteiger partial charge in [0.1, 0.15) is 48.3 Å². The average molecular weight is 1050 g/mol. The van der Waals surface area contributed by atoms with E-state index >= 15 is 4.79 Å². The molecule has 2 aromatic heterocycles. The second-order valence-electron chi connectivity index (χ2n) is 21.6. The van der Waals surface area contributed by atoms with E-state index in [0.29, 0.717) is 49.9 Å². The number of cyclic esters (lactones) is 1. The van der Waals surface area contributed by atoms with Crippen LogP contribution >= 0.6 is 0 Å². The monoisotopic (exact) mass is 1050 g/mol. The number of aliphatic hydroxyl groups excluding tert-OH is 4. The summed E-state index contributed by atoms with van der Waals surface area (Å²) in [5.74, 6) is -3.19. The summed E-state index contributed by atoms with van der Waals surface area (Å²) < 4.78 is 26.1. The van der Waals surface area contributed by atoms with Gasteiger partial charge in [-0.05, 0) is 103 Å². The normalized spacial score (nSPS) is 25.4. The number of rotatable bonds is 13. The summed E-state index contributed by atoms with van der Waals surface area (Å²) in [6.07, 6.45) is -3.47. The summed E-state index contributed by atoms with van der Waals surface area (Å²) in [5, 5.41) is 47.8. The van der Waals surface area contributed by atoms with Crippen LogP contribution in [0.1, 0.15) is 70.7 Å². The van der Waals surface area contributed by atoms with E-state index in [2.05, 4.69) is 34.9 Å². The fourth-order valence-corrected chi connectivity index (χ4v) is 11.2. The smallest absolute Gasteiger partial charge is 0.324 e. The van der Waals surface area contributed by atoms with Crippen LogP contribution in [-0.4, -0.2) is 170 Å². The van der Waals surface area contributed by atoms with Crippen LogP contribution in [-0.2, 0) is 64.2 Å². The second kappa shape index (κ2) is 23.5. The number of esters is 1. The number of hydrazine groups is 1. The molecule has 2 unspecified atom stereocenters. The third-order valence-corrected chi connectivity index (χ3v) is 15.1. The minimum absolute atomic E-state index is 0.0412. The van der Waals surface area contributed by atoms with E-state index in [0.717, 1.165) is 39.0 Å². The zero-order valence-corrected chi connectivity index (χ0v) is 44.4. The highest BCUT2D eigenvalue weighted by Gasteiger charge is 2.45. The number of hydrogen-bond donors (Lipinski definition) is 6. The molecule has 4 aromatic rings. The van der Waals surface area contributed by atoms with Crippen molar-refractivity contribution in [3.05, 3.63) is 84.2 Å². The third kappa shape index (κ3) is 11.7. The third-order valence-electron chi connectivity index (χ3n) is 15.1. The Morgan fingerprint density at radius 3 is 2.53 bits per heavy atom. The highest BCUT2D eigenvalue weighted by atomic mass is 16.7. The Kier molecular flexibility index (Phi) is 17.3. The van der Waals surface area contributed by atoms with E-state index in [1.807, 2.05) is 44.2 Å². The lowest BCUT2D eigenvalue weighted by molar-refractivity contribution is -0.277. The van der Waals surface area contributed by atoms with Crippen molar-refractivity contribution in [2.24, 2.45) is 17.3 Å². The van der Waals surface area contributed by atoms with Gasteiger partial charge in [-0.2, -0.15) is 0 Å². The van der Waals surface area contributed by atoms with Crippen LogP contribution < -0.4 is 15.5 Å². The molecule has 0 radical (unpaired) electrons. The van der Waals surface area contributed by atoms with Gasteiger partial charge in [0.2, 0.25) is 24.0 Å². The van der Waals surface area contributed by atoms with Gasteiger partial charge in [-0.25, -0.2) is 5.43 Å². The maximum Gasteiger partial charge on any atom is 0.324 e. The van der Waals surface area contributed by atoms with Crippen LogP contribution in [0.4, 0.5) is 0 Å². The molecule has 0 spiro atoms. The summed E-state index contributed by atoms with van der Waals surface area (Å²) in [4.78, 5) is 78.2. The number of amides is 4. The van der Waals surface area contributed by atoms with E-state index in [4.69, 9.17) is 23.9 Å². The Bertz CT molecular complexity index is 2810. The molecule has 4 amide bonds. The molecule has 410 valence electrons. The van der Waals surface area contributed by atoms with Gasteiger partial charge in [0, 0.05) is 74.8 Å². The second-order valence-corrected chi connectivity index (χ2v) is 21.6. The largest absolute Gasteiger partial charge is 0.464 e. The first kappa shape index (κ1) is 56.0. The molecule has 9 atom stereocenters. The first-order chi connectivity index (χ1) is 36.3. The van der Waals surface area contributed by atoms with Gasteiger partial charge in [-0.1, -0.05) is 46.4 Å². The number of benzene rings is 2. The molecule has 0 aliphatic carbocycles. The molecule has 3 saturated heterocycles. The molecule has 0 saturated carbocycles. The van der Waals surface area contributed by atoms with Crippen molar-refractivity contribution in [3.63, 3.8) is 0 Å². The summed E-state index contributed by atoms with van der Waals surface area (Å²) >= 11 is 0. The van der Waals surface area contributed by atoms with Crippen LogP contribution in [0.3, 0.4) is 0 Å². The number of ether oxygens (including phenoxy) is 4. The number of likely N-dealkylation sites (N-methyl/N-ethyl adjacent to an activating group) is 1. The standard InChI is InChI=1S/C56H73N7O13/c1-9-45(65)61-20-17-34(27-61)52(70)60(7)46(31(3)4)51(69)58-41-23-32-21-35(24-36(22-32)75-55-50(68)49(67)48(66)44(28-64)76-55)33-15-16-43-38(25-33)39(47(62(43)10-2)37-13-11-18-57-42(37)29-73-8)26-56(5,6)30-74-54(72)40-14-12-19-63(59-40)53(41)71/h9,11,13,15-16,18,21-22,24-25,31,34,40-41,44,46,48-50,55,59,64,66-68H,1,10,12,14,17,19-20,23,26-30H2,2-8H3,(H,58,69)/t34-,40-,41-,44+,46?,48+,49-,50+,55?/m0/s1. The highest BCUT2D eigenvalue weighted by Crippen LogP contribution is 2.42. The molecule has 4 aliphatic heterocycles. The average Bonchev–Trinajstić information content (AvgIpc) is 4.05. The van der Waals surface area contributed by atoms with Crippen LogP contribution in [0.2, 0.25) is 0 Å². The summed E-state index contributed by atoms with van der Waals surface area (Å²) in [7, 11) is 3.17.